The Balaban J connectivity index is 2.28. The topological polar surface area (TPSA) is 69.0 Å². The van der Waals surface area contributed by atoms with E-state index in [9.17, 15) is 5.11 Å². The maximum atomic E-state index is 9.63. The SMILES string of the molecule is CC1C2CC(O)C(C)(N=[N+]=[N-])C12. The van der Waals surface area contributed by atoms with Crippen LogP contribution in [0.15, 0.2) is 5.11 Å². The Kier molecular flexibility index (Phi) is 1.41. The summed E-state index contributed by atoms with van der Waals surface area (Å²) >= 11 is 0. The minimum Gasteiger partial charge on any atom is -0.392 e. The number of aliphatic hydroxyl groups is 1. The van der Waals surface area contributed by atoms with Crippen molar-refractivity contribution in [3.63, 3.8) is 0 Å². The predicted octanol–water partition coefficient (Wildman–Crippen LogP) is 1.70. The molecule has 4 nitrogen and oxygen atoms in total. The molecule has 0 amide bonds. The summed E-state index contributed by atoms with van der Waals surface area (Å²) in [7, 11) is 0. The molecule has 2 saturated carbocycles. The molecule has 12 heavy (non-hydrogen) atoms. The standard InChI is InChI=1S/C8H13N3O/c1-4-5-3-6(12)8(2,7(4)5)10-11-9/h4-7,12H,3H2,1-2H3. The highest BCUT2D eigenvalue weighted by Crippen LogP contribution is 2.63. The van der Waals surface area contributed by atoms with Crippen molar-refractivity contribution in [2.75, 3.05) is 0 Å². The maximum absolute atomic E-state index is 9.63. The first-order valence-corrected chi connectivity index (χ1v) is 4.35. The van der Waals surface area contributed by atoms with Crippen molar-refractivity contribution in [3.8, 4) is 0 Å². The Labute approximate surface area is 71.2 Å². The lowest BCUT2D eigenvalue weighted by molar-refractivity contribution is 0.0936. The molecule has 1 N–H and O–H groups in total. The first kappa shape index (κ1) is 7.90. The molecule has 0 aromatic heterocycles. The Hall–Kier alpha value is -0.730. The van der Waals surface area contributed by atoms with Crippen LogP contribution < -0.4 is 0 Å². The van der Waals surface area contributed by atoms with E-state index in [1.807, 2.05) is 6.92 Å². The number of fused-ring (bicyclic) bond motifs is 1. The highest BCUT2D eigenvalue weighted by atomic mass is 16.3. The predicted molar refractivity (Wildman–Crippen MR) is 44.3 cm³/mol. The third-order valence-electron chi connectivity index (χ3n) is 3.67. The number of rotatable bonds is 1. The van der Waals surface area contributed by atoms with Gasteiger partial charge >= 0.3 is 0 Å². The first-order valence-electron chi connectivity index (χ1n) is 4.35. The second kappa shape index (κ2) is 2.15. The smallest absolute Gasteiger partial charge is 0.0752 e. The molecule has 5 unspecified atom stereocenters. The fourth-order valence-corrected chi connectivity index (χ4v) is 2.82. The van der Waals surface area contributed by atoms with Crippen LogP contribution in [-0.2, 0) is 0 Å². The van der Waals surface area contributed by atoms with Crippen molar-refractivity contribution in [1.82, 2.24) is 0 Å². The minimum atomic E-state index is -0.529. The highest BCUT2D eigenvalue weighted by molar-refractivity contribution is 5.18. The molecule has 66 valence electrons. The first-order chi connectivity index (χ1) is 5.61. The number of hydrogen-bond acceptors (Lipinski definition) is 2. The fraction of sp³-hybridized carbons (Fsp3) is 1.00. The summed E-state index contributed by atoms with van der Waals surface area (Å²) in [6.45, 7) is 4.03. The zero-order valence-corrected chi connectivity index (χ0v) is 7.31. The lowest BCUT2D eigenvalue weighted by atomic mass is 9.91. The van der Waals surface area contributed by atoms with Crippen LogP contribution in [0, 0.1) is 17.8 Å². The van der Waals surface area contributed by atoms with E-state index in [1.165, 1.54) is 0 Å². The van der Waals surface area contributed by atoms with E-state index in [0.717, 1.165) is 6.42 Å². The van der Waals surface area contributed by atoms with Crippen LogP contribution in [0.3, 0.4) is 0 Å². The third kappa shape index (κ3) is 0.740. The molecule has 2 fully saturated rings. The molecule has 0 aromatic carbocycles. The zero-order valence-electron chi connectivity index (χ0n) is 7.31. The van der Waals surface area contributed by atoms with Gasteiger partial charge in [-0.3, -0.25) is 0 Å². The zero-order chi connectivity index (χ0) is 8.93. The summed E-state index contributed by atoms with van der Waals surface area (Å²) in [5.74, 6) is 1.64. The van der Waals surface area contributed by atoms with Gasteiger partial charge in [0, 0.05) is 4.91 Å². The van der Waals surface area contributed by atoms with Crippen LogP contribution in [0.1, 0.15) is 20.3 Å². The monoisotopic (exact) mass is 167 g/mol. The second-order valence-corrected chi connectivity index (χ2v) is 4.22. The van der Waals surface area contributed by atoms with Gasteiger partial charge in [-0.15, -0.1) is 0 Å². The number of aliphatic hydroxyl groups excluding tert-OH is 1. The fourth-order valence-electron chi connectivity index (χ4n) is 2.82. The summed E-state index contributed by atoms with van der Waals surface area (Å²) in [4.78, 5) is 2.82. The van der Waals surface area contributed by atoms with Crippen LogP contribution in [0.4, 0.5) is 0 Å². The summed E-state index contributed by atoms with van der Waals surface area (Å²) in [5.41, 5.74) is 7.85. The average Bonchev–Trinajstić information content (AvgIpc) is 2.53. The van der Waals surface area contributed by atoms with E-state index in [4.69, 9.17) is 5.53 Å². The molecule has 0 spiro atoms. The largest absolute Gasteiger partial charge is 0.392 e. The molecule has 5 atom stereocenters. The van der Waals surface area contributed by atoms with Crippen molar-refractivity contribution >= 4 is 0 Å². The average molecular weight is 167 g/mol. The van der Waals surface area contributed by atoms with Crippen LogP contribution in [0.5, 0.6) is 0 Å². The molecular weight excluding hydrogens is 154 g/mol. The molecule has 0 aromatic rings. The maximum Gasteiger partial charge on any atom is 0.0752 e. The molecule has 0 radical (unpaired) electrons. The van der Waals surface area contributed by atoms with E-state index in [2.05, 4.69) is 16.9 Å². The minimum absolute atomic E-state index is 0.420. The van der Waals surface area contributed by atoms with E-state index in [-0.39, 0.29) is 0 Å². The van der Waals surface area contributed by atoms with Crippen LogP contribution in [0.25, 0.3) is 10.4 Å². The summed E-state index contributed by atoms with van der Waals surface area (Å²) in [5, 5.41) is 13.4. The molecule has 0 aliphatic heterocycles. The van der Waals surface area contributed by atoms with Crippen molar-refractivity contribution in [2.24, 2.45) is 22.9 Å². The van der Waals surface area contributed by atoms with Gasteiger partial charge in [-0.2, -0.15) is 0 Å². The van der Waals surface area contributed by atoms with Gasteiger partial charge in [-0.25, -0.2) is 0 Å². The molecular formula is C8H13N3O. The molecule has 0 bridgehead atoms. The number of hydrogen-bond donors (Lipinski definition) is 1. The van der Waals surface area contributed by atoms with Crippen LogP contribution in [0.2, 0.25) is 0 Å². The molecule has 2 rings (SSSR count). The van der Waals surface area contributed by atoms with Crippen molar-refractivity contribution < 1.29 is 5.11 Å². The Morgan fingerprint density at radius 2 is 2.33 bits per heavy atom. The lowest BCUT2D eigenvalue weighted by Crippen LogP contribution is -2.36. The summed E-state index contributed by atoms with van der Waals surface area (Å²) in [6.07, 6.45) is 0.376. The normalized spacial score (nSPS) is 55.9. The summed E-state index contributed by atoms with van der Waals surface area (Å²) < 4.78 is 0. The van der Waals surface area contributed by atoms with E-state index in [1.54, 1.807) is 0 Å². The quantitative estimate of drug-likeness (QED) is 0.360. The Morgan fingerprint density at radius 1 is 1.67 bits per heavy atom. The van der Waals surface area contributed by atoms with Crippen LogP contribution >= 0.6 is 0 Å². The molecule has 0 heterocycles. The van der Waals surface area contributed by atoms with E-state index < -0.39 is 11.6 Å². The van der Waals surface area contributed by atoms with Crippen molar-refractivity contribution in [2.45, 2.75) is 31.9 Å². The van der Waals surface area contributed by atoms with Gasteiger partial charge in [-0.05, 0) is 29.7 Å². The number of nitrogens with zero attached hydrogens (tertiary/aromatic N) is 3. The van der Waals surface area contributed by atoms with Crippen LogP contribution in [-0.4, -0.2) is 16.7 Å². The molecule has 4 heteroatoms. The second-order valence-electron chi connectivity index (χ2n) is 4.22. The molecule has 2 aliphatic carbocycles. The van der Waals surface area contributed by atoms with Gasteiger partial charge in [0.15, 0.2) is 0 Å². The van der Waals surface area contributed by atoms with Gasteiger partial charge in [0.1, 0.15) is 0 Å². The van der Waals surface area contributed by atoms with Gasteiger partial charge < -0.3 is 5.11 Å². The summed E-state index contributed by atoms with van der Waals surface area (Å²) in [6, 6.07) is 0. The highest BCUT2D eigenvalue weighted by Gasteiger charge is 2.65. The molecule has 0 saturated heterocycles. The lowest BCUT2D eigenvalue weighted by Gasteiger charge is -2.25. The van der Waals surface area contributed by atoms with Gasteiger partial charge in [0.05, 0.1) is 11.6 Å². The van der Waals surface area contributed by atoms with Crippen molar-refractivity contribution in [1.29, 1.82) is 0 Å². The van der Waals surface area contributed by atoms with Gasteiger partial charge in [0.2, 0.25) is 0 Å². The van der Waals surface area contributed by atoms with Gasteiger partial charge in [0.25, 0.3) is 0 Å². The van der Waals surface area contributed by atoms with Crippen molar-refractivity contribution in [3.05, 3.63) is 10.4 Å². The van der Waals surface area contributed by atoms with Gasteiger partial charge in [-0.1, -0.05) is 19.0 Å². The van der Waals surface area contributed by atoms with E-state index in [0.29, 0.717) is 17.8 Å². The molecule has 2 aliphatic rings. The third-order valence-corrected chi connectivity index (χ3v) is 3.67. The Morgan fingerprint density at radius 3 is 2.83 bits per heavy atom. The number of azide groups is 1. The Bertz CT molecular complexity index is 261. The van der Waals surface area contributed by atoms with E-state index >= 15 is 0 Å².